The molecule has 2 N–H and O–H groups in total. The van der Waals surface area contributed by atoms with Crippen molar-refractivity contribution in [3.05, 3.63) is 29.8 Å². The number of guanidine groups is 1. The van der Waals surface area contributed by atoms with Gasteiger partial charge >= 0.3 is 0 Å². The molecule has 1 aromatic rings. The van der Waals surface area contributed by atoms with Crippen LogP contribution in [0.1, 0.15) is 44.6 Å². The van der Waals surface area contributed by atoms with E-state index in [0.717, 1.165) is 44.4 Å². The lowest BCUT2D eigenvalue weighted by Crippen LogP contribution is -2.45. The first-order chi connectivity index (χ1) is 14.1. The third kappa shape index (κ3) is 7.03. The van der Waals surface area contributed by atoms with Crippen molar-refractivity contribution in [1.29, 1.82) is 0 Å². The van der Waals surface area contributed by atoms with Crippen molar-refractivity contribution >= 4 is 41.5 Å². The largest absolute Gasteiger partial charge is 0.372 e. The lowest BCUT2D eigenvalue weighted by molar-refractivity contribution is -0.121. The van der Waals surface area contributed by atoms with Crippen LogP contribution >= 0.6 is 24.0 Å². The number of hydrogen-bond acceptors (Lipinski definition) is 3. The van der Waals surface area contributed by atoms with Crippen LogP contribution in [0.2, 0.25) is 0 Å². The summed E-state index contributed by atoms with van der Waals surface area (Å²) in [6.07, 6.45) is 5.30. The Kier molecular flexibility index (Phi) is 10.2. The number of likely N-dealkylation sites (tertiary alicyclic amines) is 1. The van der Waals surface area contributed by atoms with Gasteiger partial charge in [0.2, 0.25) is 5.91 Å². The van der Waals surface area contributed by atoms with E-state index in [1.165, 1.54) is 37.2 Å². The summed E-state index contributed by atoms with van der Waals surface area (Å²) >= 11 is 0. The van der Waals surface area contributed by atoms with Crippen molar-refractivity contribution in [2.24, 2.45) is 16.8 Å². The van der Waals surface area contributed by atoms with Gasteiger partial charge in [0.15, 0.2) is 5.96 Å². The number of nitrogens with zero attached hydrogens (tertiary/aromatic N) is 3. The number of benzene rings is 1. The molecule has 168 valence electrons. The Morgan fingerprint density at radius 2 is 1.70 bits per heavy atom. The van der Waals surface area contributed by atoms with E-state index < -0.39 is 0 Å². The van der Waals surface area contributed by atoms with E-state index >= 15 is 0 Å². The fourth-order valence-electron chi connectivity index (χ4n) is 4.32. The van der Waals surface area contributed by atoms with Crippen LogP contribution < -0.4 is 15.5 Å². The molecule has 30 heavy (non-hydrogen) atoms. The summed E-state index contributed by atoms with van der Waals surface area (Å²) in [7, 11) is 3.56. The molecule has 1 aromatic carbocycles. The quantitative estimate of drug-likeness (QED) is 0.350. The summed E-state index contributed by atoms with van der Waals surface area (Å²) in [5, 5.41) is 6.24. The Balaban J connectivity index is 0.00000320. The monoisotopic (exact) mass is 527 g/mol. The highest BCUT2D eigenvalue weighted by Gasteiger charge is 2.23. The highest BCUT2D eigenvalue weighted by molar-refractivity contribution is 14.0. The van der Waals surface area contributed by atoms with Crippen molar-refractivity contribution < 1.29 is 4.79 Å². The number of aliphatic imine (C=N–C) groups is 1. The number of nitrogens with one attached hydrogen (secondary N) is 2. The van der Waals surface area contributed by atoms with E-state index in [1.54, 1.807) is 7.05 Å². The molecular formula is C23H38IN5O. The minimum Gasteiger partial charge on any atom is -0.372 e. The topological polar surface area (TPSA) is 60.0 Å². The molecule has 0 unspecified atom stereocenters. The second-order valence-corrected chi connectivity index (χ2v) is 8.54. The van der Waals surface area contributed by atoms with Crippen LogP contribution in [0.3, 0.4) is 0 Å². The lowest BCUT2D eigenvalue weighted by Gasteiger charge is -2.34. The van der Waals surface area contributed by atoms with Crippen molar-refractivity contribution in [3.8, 4) is 0 Å². The van der Waals surface area contributed by atoms with E-state index in [-0.39, 0.29) is 29.9 Å². The molecule has 0 atom stereocenters. The average Bonchev–Trinajstić information content (AvgIpc) is 2.76. The second-order valence-electron chi connectivity index (χ2n) is 8.54. The number of piperidine rings is 2. The molecule has 0 aromatic heterocycles. The first-order valence-corrected chi connectivity index (χ1v) is 11.1. The van der Waals surface area contributed by atoms with Crippen LogP contribution in [0.4, 0.5) is 5.69 Å². The van der Waals surface area contributed by atoms with Crippen LogP contribution in [0.25, 0.3) is 0 Å². The van der Waals surface area contributed by atoms with Gasteiger partial charge in [-0.2, -0.15) is 0 Å². The Morgan fingerprint density at radius 3 is 2.27 bits per heavy atom. The van der Waals surface area contributed by atoms with Crippen molar-refractivity contribution in [1.82, 2.24) is 15.5 Å². The van der Waals surface area contributed by atoms with Gasteiger partial charge < -0.3 is 20.4 Å². The maximum Gasteiger partial charge on any atom is 0.220 e. The first-order valence-electron chi connectivity index (χ1n) is 11.1. The van der Waals surface area contributed by atoms with E-state index in [2.05, 4.69) is 56.6 Å². The van der Waals surface area contributed by atoms with Crippen molar-refractivity contribution in [2.45, 2.75) is 45.6 Å². The third-order valence-electron chi connectivity index (χ3n) is 6.41. The predicted molar refractivity (Wildman–Crippen MR) is 136 cm³/mol. The van der Waals surface area contributed by atoms with E-state index in [9.17, 15) is 4.79 Å². The summed E-state index contributed by atoms with van der Waals surface area (Å²) in [5.74, 6) is 2.44. The molecule has 0 aliphatic carbocycles. The number of rotatable bonds is 5. The number of carbonyl (C=O) groups excluding carboxylic acids is 1. The molecule has 0 bridgehead atoms. The molecule has 6 nitrogen and oxygen atoms in total. The fourth-order valence-corrected chi connectivity index (χ4v) is 4.32. The first kappa shape index (κ1) is 24.8. The van der Waals surface area contributed by atoms with Crippen LogP contribution in [-0.4, -0.2) is 57.0 Å². The van der Waals surface area contributed by atoms with Crippen molar-refractivity contribution in [3.63, 3.8) is 0 Å². The summed E-state index contributed by atoms with van der Waals surface area (Å²) in [5.41, 5.74) is 2.61. The number of carbonyl (C=O) groups is 1. The van der Waals surface area contributed by atoms with Gasteiger partial charge in [0, 0.05) is 58.9 Å². The molecule has 7 heteroatoms. The van der Waals surface area contributed by atoms with Crippen molar-refractivity contribution in [2.75, 3.05) is 45.2 Å². The number of hydrogen-bond donors (Lipinski definition) is 2. The van der Waals surface area contributed by atoms with E-state index in [4.69, 9.17) is 0 Å². The minimum atomic E-state index is 0. The van der Waals surface area contributed by atoms with Gasteiger partial charge in [-0.3, -0.25) is 9.79 Å². The second kappa shape index (κ2) is 12.4. The molecule has 1 amide bonds. The average molecular weight is 527 g/mol. The molecule has 0 saturated carbocycles. The number of amides is 1. The van der Waals surface area contributed by atoms with Gasteiger partial charge in [-0.25, -0.2) is 0 Å². The highest BCUT2D eigenvalue weighted by atomic mass is 127. The van der Waals surface area contributed by atoms with E-state index in [1.807, 2.05) is 7.05 Å². The molecule has 0 radical (unpaired) electrons. The number of halogens is 1. The molecule has 2 fully saturated rings. The van der Waals surface area contributed by atoms with Gasteiger partial charge in [-0.1, -0.05) is 19.1 Å². The van der Waals surface area contributed by atoms with Gasteiger partial charge in [0.25, 0.3) is 0 Å². The Labute approximate surface area is 198 Å². The van der Waals surface area contributed by atoms with Crippen LogP contribution in [0, 0.1) is 11.8 Å². The Bertz CT molecular complexity index is 677. The normalized spacial score (nSPS) is 18.7. The van der Waals surface area contributed by atoms with Gasteiger partial charge in [0.05, 0.1) is 0 Å². The van der Waals surface area contributed by atoms with Crippen LogP contribution in [-0.2, 0) is 11.3 Å². The minimum absolute atomic E-state index is 0. The Morgan fingerprint density at radius 1 is 1.07 bits per heavy atom. The zero-order valence-corrected chi connectivity index (χ0v) is 21.0. The zero-order chi connectivity index (χ0) is 20.6. The summed E-state index contributed by atoms with van der Waals surface area (Å²) in [4.78, 5) is 20.9. The molecule has 2 heterocycles. The van der Waals surface area contributed by atoms with Gasteiger partial charge in [-0.15, -0.1) is 24.0 Å². The maximum atomic E-state index is 11.6. The SMILES string of the molecule is CN=C(NCc1ccc(N2CCC(C)CC2)cc1)N1CCC(CC(=O)NC)CC1.I. The third-order valence-corrected chi connectivity index (χ3v) is 6.41. The smallest absolute Gasteiger partial charge is 0.220 e. The highest BCUT2D eigenvalue weighted by Crippen LogP contribution is 2.23. The molecule has 0 spiro atoms. The van der Waals surface area contributed by atoms with Gasteiger partial charge in [-0.05, 0) is 55.2 Å². The maximum absolute atomic E-state index is 11.6. The van der Waals surface area contributed by atoms with Crippen LogP contribution in [0.5, 0.6) is 0 Å². The van der Waals surface area contributed by atoms with E-state index in [0.29, 0.717) is 12.3 Å². The number of anilines is 1. The fraction of sp³-hybridized carbons (Fsp3) is 0.652. The standard InChI is InChI=1S/C23H37N5O.HI/c1-18-8-12-27(13-9-18)21-6-4-20(5-7-21)17-26-23(25-3)28-14-10-19(11-15-28)16-22(29)24-2;/h4-7,18-19H,8-17H2,1-3H3,(H,24,29)(H,25,26);1H. The van der Waals surface area contributed by atoms with Crippen LogP contribution in [0.15, 0.2) is 29.3 Å². The molecular weight excluding hydrogens is 489 g/mol. The summed E-state index contributed by atoms with van der Waals surface area (Å²) < 4.78 is 0. The molecule has 2 saturated heterocycles. The van der Waals surface area contributed by atoms with Gasteiger partial charge in [0.1, 0.15) is 0 Å². The predicted octanol–water partition coefficient (Wildman–Crippen LogP) is 3.46. The molecule has 3 rings (SSSR count). The molecule has 2 aliphatic heterocycles. The molecule has 2 aliphatic rings. The Hall–Kier alpha value is -1.51. The lowest BCUT2D eigenvalue weighted by atomic mass is 9.93. The summed E-state index contributed by atoms with van der Waals surface area (Å²) in [6.45, 7) is 7.37. The summed E-state index contributed by atoms with van der Waals surface area (Å²) in [6, 6.07) is 8.95. The zero-order valence-electron chi connectivity index (χ0n) is 18.7.